The maximum atomic E-state index is 12.9. The van der Waals surface area contributed by atoms with Crippen LogP contribution in [0.5, 0.6) is 0 Å². The molecule has 21 heavy (non-hydrogen) atoms. The molecule has 0 spiro atoms. The molecule has 3 rings (SSSR count). The number of para-hydroxylation sites is 2. The molecule has 0 atom stereocenters. The molecule has 3 nitrogen and oxygen atoms in total. The van der Waals surface area contributed by atoms with Gasteiger partial charge in [-0.05, 0) is 46.6 Å². The van der Waals surface area contributed by atoms with Gasteiger partial charge >= 0.3 is 0 Å². The predicted octanol–water partition coefficient (Wildman–Crippen LogP) is 4.56. The van der Waals surface area contributed by atoms with Crippen LogP contribution in [0, 0.1) is 0 Å². The molecule has 0 aliphatic carbocycles. The van der Waals surface area contributed by atoms with Crippen molar-refractivity contribution in [2.24, 2.45) is 0 Å². The van der Waals surface area contributed by atoms with E-state index >= 15 is 0 Å². The minimum Gasteiger partial charge on any atom is -0.383 e. The van der Waals surface area contributed by atoms with Crippen molar-refractivity contribution in [3.63, 3.8) is 0 Å². The van der Waals surface area contributed by atoms with E-state index < -0.39 is 0 Å². The van der Waals surface area contributed by atoms with Crippen LogP contribution < -0.4 is 10.2 Å². The third kappa shape index (κ3) is 2.78. The van der Waals surface area contributed by atoms with E-state index in [1.807, 2.05) is 36.4 Å². The van der Waals surface area contributed by atoms with Crippen LogP contribution in [0.3, 0.4) is 0 Å². The number of rotatable bonds is 1. The molecule has 1 aliphatic rings. The molecule has 1 amide bonds. The number of fused-ring (bicyclic) bond motifs is 1. The lowest BCUT2D eigenvalue weighted by atomic mass is 10.1. The summed E-state index contributed by atoms with van der Waals surface area (Å²) in [5.74, 6) is -0.0718. The first-order valence-electron chi connectivity index (χ1n) is 6.77. The second-order valence-corrected chi connectivity index (χ2v) is 6.09. The third-order valence-corrected chi connectivity index (χ3v) is 4.79. The van der Waals surface area contributed by atoms with Crippen molar-refractivity contribution in [1.82, 2.24) is 0 Å². The quantitative estimate of drug-likeness (QED) is 0.803. The lowest BCUT2D eigenvalue weighted by Gasteiger charge is -2.23. The van der Waals surface area contributed by atoms with Crippen LogP contribution in [-0.2, 0) is 0 Å². The zero-order valence-corrected chi connectivity index (χ0v) is 13.6. The Morgan fingerprint density at radius 1 is 1.19 bits per heavy atom. The Morgan fingerprint density at radius 3 is 2.86 bits per heavy atom. The van der Waals surface area contributed by atoms with Crippen molar-refractivity contribution < 1.29 is 4.79 Å². The molecule has 0 radical (unpaired) electrons. The standard InChI is InChI=1S/C16H14BrClN2O/c17-12-6-3-5-11(15(12)18)16(21)20-10-4-9-19-13-7-1-2-8-14(13)20/h1-3,5-8,19H,4,9-10H2. The molecule has 1 heterocycles. The molecule has 5 heteroatoms. The summed E-state index contributed by atoms with van der Waals surface area (Å²) < 4.78 is 0.733. The van der Waals surface area contributed by atoms with Crippen molar-refractivity contribution in [1.29, 1.82) is 0 Å². The molecule has 0 saturated heterocycles. The molecule has 108 valence electrons. The first-order chi connectivity index (χ1) is 10.2. The van der Waals surface area contributed by atoms with Gasteiger partial charge in [-0.15, -0.1) is 0 Å². The number of amides is 1. The van der Waals surface area contributed by atoms with E-state index in [2.05, 4.69) is 21.2 Å². The molecule has 1 aliphatic heterocycles. The smallest absolute Gasteiger partial charge is 0.259 e. The van der Waals surface area contributed by atoms with Crippen LogP contribution in [0.4, 0.5) is 11.4 Å². The molecule has 0 aromatic heterocycles. The van der Waals surface area contributed by atoms with Crippen molar-refractivity contribution in [3.8, 4) is 0 Å². The van der Waals surface area contributed by atoms with Gasteiger partial charge in [0.15, 0.2) is 0 Å². The molecule has 0 bridgehead atoms. The van der Waals surface area contributed by atoms with Gasteiger partial charge in [0.05, 0.1) is 22.0 Å². The topological polar surface area (TPSA) is 32.3 Å². The fraction of sp³-hybridized carbons (Fsp3) is 0.188. The monoisotopic (exact) mass is 364 g/mol. The number of halogens is 2. The minimum atomic E-state index is -0.0718. The molecule has 2 aromatic rings. The van der Waals surface area contributed by atoms with E-state index in [0.29, 0.717) is 17.1 Å². The maximum absolute atomic E-state index is 12.9. The van der Waals surface area contributed by atoms with Gasteiger partial charge in [-0.3, -0.25) is 4.79 Å². The van der Waals surface area contributed by atoms with E-state index in [1.54, 1.807) is 11.0 Å². The number of carbonyl (C=O) groups is 1. The number of hydrogen-bond acceptors (Lipinski definition) is 2. The number of nitrogens with one attached hydrogen (secondary N) is 1. The van der Waals surface area contributed by atoms with Crippen LogP contribution in [0.1, 0.15) is 16.8 Å². The summed E-state index contributed by atoms with van der Waals surface area (Å²) in [7, 11) is 0. The maximum Gasteiger partial charge on any atom is 0.259 e. The fourth-order valence-corrected chi connectivity index (χ4v) is 3.04. The van der Waals surface area contributed by atoms with Gasteiger partial charge in [-0.1, -0.05) is 29.8 Å². The number of anilines is 2. The van der Waals surface area contributed by atoms with E-state index in [-0.39, 0.29) is 5.91 Å². The summed E-state index contributed by atoms with van der Waals surface area (Å²) in [5.41, 5.74) is 2.40. The van der Waals surface area contributed by atoms with Crippen LogP contribution >= 0.6 is 27.5 Å². The van der Waals surface area contributed by atoms with Crippen molar-refractivity contribution in [2.75, 3.05) is 23.3 Å². The number of nitrogens with zero attached hydrogens (tertiary/aromatic N) is 1. The highest BCUT2D eigenvalue weighted by Gasteiger charge is 2.24. The van der Waals surface area contributed by atoms with Gasteiger partial charge in [-0.25, -0.2) is 0 Å². The summed E-state index contributed by atoms with van der Waals surface area (Å²) >= 11 is 9.64. The largest absolute Gasteiger partial charge is 0.383 e. The van der Waals surface area contributed by atoms with E-state index in [4.69, 9.17) is 11.6 Å². The SMILES string of the molecule is O=C(c1cccc(Br)c1Cl)N1CCCNc2ccccc21. The minimum absolute atomic E-state index is 0.0718. The highest BCUT2D eigenvalue weighted by atomic mass is 79.9. The zero-order valence-electron chi connectivity index (χ0n) is 11.3. The van der Waals surface area contributed by atoms with Gasteiger partial charge in [0.25, 0.3) is 5.91 Å². The summed E-state index contributed by atoms with van der Waals surface area (Å²) in [6.45, 7) is 1.53. The molecule has 0 saturated carbocycles. The third-order valence-electron chi connectivity index (χ3n) is 3.50. The highest BCUT2D eigenvalue weighted by Crippen LogP contribution is 2.32. The Morgan fingerprint density at radius 2 is 2.00 bits per heavy atom. The van der Waals surface area contributed by atoms with Crippen molar-refractivity contribution >= 4 is 44.8 Å². The second-order valence-electron chi connectivity index (χ2n) is 4.86. The summed E-state index contributed by atoms with van der Waals surface area (Å²) in [6, 6.07) is 13.3. The van der Waals surface area contributed by atoms with Gasteiger partial charge in [-0.2, -0.15) is 0 Å². The number of carbonyl (C=O) groups excluding carboxylic acids is 1. The van der Waals surface area contributed by atoms with Crippen molar-refractivity contribution in [2.45, 2.75) is 6.42 Å². The van der Waals surface area contributed by atoms with E-state index in [1.165, 1.54) is 0 Å². The number of hydrogen-bond donors (Lipinski definition) is 1. The van der Waals surface area contributed by atoms with Crippen LogP contribution in [0.2, 0.25) is 5.02 Å². The molecular formula is C16H14BrClN2O. The summed E-state index contributed by atoms with van der Waals surface area (Å²) in [5, 5.41) is 3.81. The Bertz CT molecular complexity index is 690. The van der Waals surface area contributed by atoms with Gasteiger partial charge in [0.1, 0.15) is 0 Å². The highest BCUT2D eigenvalue weighted by molar-refractivity contribution is 9.10. The average molecular weight is 366 g/mol. The normalized spacial score (nSPS) is 14.1. The Kier molecular flexibility index (Phi) is 4.17. The Labute approximate surface area is 137 Å². The molecule has 1 N–H and O–H groups in total. The summed E-state index contributed by atoms with van der Waals surface area (Å²) in [6.07, 6.45) is 0.895. The van der Waals surface area contributed by atoms with E-state index in [0.717, 1.165) is 28.8 Å². The van der Waals surface area contributed by atoms with Crippen LogP contribution in [0.15, 0.2) is 46.9 Å². The average Bonchev–Trinajstić information content (AvgIpc) is 2.72. The lowest BCUT2D eigenvalue weighted by Crippen LogP contribution is -2.31. The van der Waals surface area contributed by atoms with Gasteiger partial charge < -0.3 is 10.2 Å². The first kappa shape index (κ1) is 14.4. The van der Waals surface area contributed by atoms with E-state index in [9.17, 15) is 4.79 Å². The second kappa shape index (κ2) is 6.08. The Balaban J connectivity index is 2.03. The van der Waals surface area contributed by atoms with Crippen LogP contribution in [0.25, 0.3) is 0 Å². The van der Waals surface area contributed by atoms with Crippen LogP contribution in [-0.4, -0.2) is 19.0 Å². The Hall–Kier alpha value is -1.52. The molecular weight excluding hydrogens is 352 g/mol. The molecule has 2 aromatic carbocycles. The molecule has 0 unspecified atom stereocenters. The number of benzene rings is 2. The van der Waals surface area contributed by atoms with Gasteiger partial charge in [0.2, 0.25) is 0 Å². The fourth-order valence-electron chi connectivity index (χ4n) is 2.46. The molecule has 0 fully saturated rings. The zero-order chi connectivity index (χ0) is 14.8. The first-order valence-corrected chi connectivity index (χ1v) is 7.94. The van der Waals surface area contributed by atoms with Gasteiger partial charge in [0, 0.05) is 17.6 Å². The lowest BCUT2D eigenvalue weighted by molar-refractivity contribution is 0.0987. The van der Waals surface area contributed by atoms with Crippen molar-refractivity contribution in [3.05, 3.63) is 57.5 Å². The predicted molar refractivity (Wildman–Crippen MR) is 90.4 cm³/mol. The summed E-state index contributed by atoms with van der Waals surface area (Å²) in [4.78, 5) is 14.7.